The van der Waals surface area contributed by atoms with Gasteiger partial charge in [-0.3, -0.25) is 14.2 Å². The number of thiazole rings is 1. The quantitative estimate of drug-likeness (QED) is 0.212. The zero-order chi connectivity index (χ0) is 31.8. The highest BCUT2D eigenvalue weighted by molar-refractivity contribution is 9.10. The maximum atomic E-state index is 14.5. The van der Waals surface area contributed by atoms with Gasteiger partial charge in [0, 0.05) is 10.6 Å². The normalized spacial score (nSPS) is 16.8. The molecule has 230 valence electrons. The highest BCUT2D eigenvalue weighted by Gasteiger charge is 2.38. The Morgan fingerprint density at radius 3 is 2.51 bits per heavy atom. The van der Waals surface area contributed by atoms with Crippen molar-refractivity contribution in [3.8, 4) is 5.75 Å². The second-order valence-electron chi connectivity index (χ2n) is 10.5. The van der Waals surface area contributed by atoms with Gasteiger partial charge in [-0.25, -0.2) is 9.79 Å². The van der Waals surface area contributed by atoms with Crippen molar-refractivity contribution in [3.05, 3.63) is 124 Å². The molecular weight excluding hydrogens is 678 g/mol. The van der Waals surface area contributed by atoms with Gasteiger partial charge in [-0.2, -0.15) is 0 Å². The molecule has 0 spiro atoms. The van der Waals surface area contributed by atoms with Crippen LogP contribution < -0.4 is 24.5 Å². The lowest BCUT2D eigenvalue weighted by Gasteiger charge is -2.26. The van der Waals surface area contributed by atoms with Crippen molar-refractivity contribution in [2.24, 2.45) is 4.99 Å². The average molecular weight is 707 g/mol. The lowest BCUT2D eigenvalue weighted by molar-refractivity contribution is -0.139. The molecule has 0 aliphatic carbocycles. The summed E-state index contributed by atoms with van der Waals surface area (Å²) in [6, 6.07) is 19.4. The summed E-state index contributed by atoms with van der Waals surface area (Å²) in [5, 5.41) is 0.608. The third kappa shape index (κ3) is 5.55. The maximum Gasteiger partial charge on any atom is 0.338 e. The van der Waals surface area contributed by atoms with Gasteiger partial charge in [0.15, 0.2) is 4.80 Å². The topological polar surface area (TPSA) is 90.2 Å². The van der Waals surface area contributed by atoms with Crippen LogP contribution in [-0.2, 0) is 20.9 Å². The molecule has 1 atom stereocenters. The van der Waals surface area contributed by atoms with Gasteiger partial charge in [-0.15, -0.1) is 0 Å². The second-order valence-corrected chi connectivity index (χ2v) is 12.8. The number of methoxy groups -OCH3 is 1. The fraction of sp³-hybridized carbons (Fsp3) is 0.235. The second kappa shape index (κ2) is 12.8. The lowest BCUT2D eigenvalue weighted by atomic mass is 9.94. The Bertz CT molecular complexity index is 2050. The van der Waals surface area contributed by atoms with Crippen LogP contribution in [0.4, 0.5) is 5.69 Å². The number of carbonyl (C=O) groups is 2. The minimum absolute atomic E-state index is 0.171. The van der Waals surface area contributed by atoms with E-state index in [0.717, 1.165) is 23.3 Å². The molecule has 1 amide bonds. The van der Waals surface area contributed by atoms with Crippen LogP contribution in [0.2, 0.25) is 5.02 Å². The standard InChI is InChI=1S/C34H29BrClN3O5S/c1-4-8-24-28(33(42)44-5-2)29(20-13-16-26(43-3)23(35)17-20)39-32(41)30(45-34(39)37-24)27-22-9-6-7-10-25(22)38(31(27)40)18-19-11-14-21(36)15-12-19/h6-7,9-17,29H,4-5,8,18H2,1-3H3/b30-27+/t29-/m1/s1. The number of fused-ring (bicyclic) bond motifs is 2. The van der Waals surface area contributed by atoms with Crippen molar-refractivity contribution >= 4 is 62.0 Å². The Balaban J connectivity index is 1.60. The SMILES string of the molecule is CCCC1=C(C(=O)OCC)[C@@H](c2ccc(OC)c(Br)c2)n2c(s/c(=C3/C(=O)N(Cc4ccc(Cl)cc4)c4ccccc43)c2=O)=N1. The van der Waals surface area contributed by atoms with E-state index < -0.39 is 17.6 Å². The molecule has 0 unspecified atom stereocenters. The molecule has 4 aromatic rings. The van der Waals surface area contributed by atoms with E-state index >= 15 is 0 Å². The van der Waals surface area contributed by atoms with Crippen LogP contribution in [0.3, 0.4) is 0 Å². The number of para-hydroxylation sites is 1. The van der Waals surface area contributed by atoms with Crippen molar-refractivity contribution < 1.29 is 19.1 Å². The summed E-state index contributed by atoms with van der Waals surface area (Å²) in [5.41, 5.74) is 3.75. The molecule has 0 radical (unpaired) electrons. The highest BCUT2D eigenvalue weighted by Crippen LogP contribution is 2.38. The monoisotopic (exact) mass is 705 g/mol. The number of hydrogen-bond acceptors (Lipinski definition) is 7. The molecule has 45 heavy (non-hydrogen) atoms. The smallest absolute Gasteiger partial charge is 0.338 e. The summed E-state index contributed by atoms with van der Waals surface area (Å²) >= 11 is 10.8. The van der Waals surface area contributed by atoms with Gasteiger partial charge < -0.3 is 14.4 Å². The number of amides is 1. The van der Waals surface area contributed by atoms with E-state index in [1.807, 2.05) is 55.5 Å². The van der Waals surface area contributed by atoms with Gasteiger partial charge in [0.05, 0.1) is 53.3 Å². The molecule has 0 N–H and O–H groups in total. The molecule has 0 fully saturated rings. The molecule has 6 rings (SSSR count). The van der Waals surface area contributed by atoms with Crippen LogP contribution in [0, 0.1) is 0 Å². The number of ether oxygens (including phenoxy) is 2. The van der Waals surface area contributed by atoms with Crippen LogP contribution in [-0.4, -0.2) is 30.2 Å². The van der Waals surface area contributed by atoms with E-state index in [1.54, 1.807) is 37.1 Å². The van der Waals surface area contributed by atoms with Gasteiger partial charge in [-0.1, -0.05) is 72.7 Å². The Hall–Kier alpha value is -3.99. The fourth-order valence-electron chi connectivity index (χ4n) is 5.77. The van der Waals surface area contributed by atoms with Crippen LogP contribution in [0.1, 0.15) is 49.4 Å². The van der Waals surface area contributed by atoms with Gasteiger partial charge in [0.1, 0.15) is 10.3 Å². The van der Waals surface area contributed by atoms with Gasteiger partial charge >= 0.3 is 5.97 Å². The zero-order valence-corrected chi connectivity index (χ0v) is 28.0. The largest absolute Gasteiger partial charge is 0.496 e. The van der Waals surface area contributed by atoms with Gasteiger partial charge in [0.25, 0.3) is 11.5 Å². The van der Waals surface area contributed by atoms with E-state index in [1.165, 1.54) is 4.57 Å². The van der Waals surface area contributed by atoms with E-state index in [9.17, 15) is 14.4 Å². The molecule has 0 saturated heterocycles. The summed E-state index contributed by atoms with van der Waals surface area (Å²) in [6.45, 7) is 4.23. The van der Waals surface area contributed by atoms with Crippen molar-refractivity contribution in [3.63, 3.8) is 0 Å². The third-order valence-corrected chi connectivity index (χ3v) is 9.69. The number of nitrogens with zero attached hydrogens (tertiary/aromatic N) is 3. The molecule has 2 aliphatic rings. The van der Waals surface area contributed by atoms with E-state index in [2.05, 4.69) is 15.9 Å². The third-order valence-electron chi connectivity index (χ3n) is 7.76. The van der Waals surface area contributed by atoms with E-state index in [-0.39, 0.29) is 17.0 Å². The highest BCUT2D eigenvalue weighted by atomic mass is 79.9. The van der Waals surface area contributed by atoms with Crippen molar-refractivity contribution in [2.75, 3.05) is 18.6 Å². The number of anilines is 1. The number of halogens is 2. The Labute approximate surface area is 277 Å². The molecule has 3 heterocycles. The summed E-state index contributed by atoms with van der Waals surface area (Å²) in [5.74, 6) is -0.202. The first-order valence-electron chi connectivity index (χ1n) is 14.5. The van der Waals surface area contributed by atoms with Crippen molar-refractivity contribution in [1.82, 2.24) is 4.57 Å². The predicted octanol–water partition coefficient (Wildman–Crippen LogP) is 5.92. The lowest BCUT2D eigenvalue weighted by Crippen LogP contribution is -2.41. The Morgan fingerprint density at radius 1 is 1.07 bits per heavy atom. The summed E-state index contributed by atoms with van der Waals surface area (Å²) in [6.07, 6.45) is 1.24. The van der Waals surface area contributed by atoms with Crippen LogP contribution in [0.15, 0.2) is 92.3 Å². The Morgan fingerprint density at radius 2 is 1.82 bits per heavy atom. The summed E-state index contributed by atoms with van der Waals surface area (Å²) < 4.78 is 13.4. The van der Waals surface area contributed by atoms with Crippen LogP contribution in [0.5, 0.6) is 5.75 Å². The minimum atomic E-state index is -0.824. The van der Waals surface area contributed by atoms with Gasteiger partial charge in [-0.05, 0) is 70.7 Å². The zero-order valence-electron chi connectivity index (χ0n) is 24.8. The summed E-state index contributed by atoms with van der Waals surface area (Å²) in [7, 11) is 1.57. The molecule has 0 bridgehead atoms. The molecule has 3 aromatic carbocycles. The first kappa shape index (κ1) is 31.0. The van der Waals surface area contributed by atoms with Crippen LogP contribution in [0.25, 0.3) is 5.57 Å². The van der Waals surface area contributed by atoms with Gasteiger partial charge in [0.2, 0.25) is 0 Å². The average Bonchev–Trinajstić information content (AvgIpc) is 3.49. The number of carbonyl (C=O) groups excluding carboxylic acids is 2. The van der Waals surface area contributed by atoms with Crippen molar-refractivity contribution in [2.45, 2.75) is 39.3 Å². The number of esters is 1. The molecular formula is C34H29BrClN3O5S. The summed E-state index contributed by atoms with van der Waals surface area (Å²) in [4.78, 5) is 49.2. The Kier molecular flexibility index (Phi) is 8.81. The van der Waals surface area contributed by atoms with E-state index in [0.29, 0.717) is 66.7 Å². The number of hydrogen-bond donors (Lipinski definition) is 0. The predicted molar refractivity (Wildman–Crippen MR) is 178 cm³/mol. The molecule has 1 aromatic heterocycles. The molecule has 0 saturated carbocycles. The molecule has 2 aliphatic heterocycles. The van der Waals surface area contributed by atoms with Crippen LogP contribution >= 0.6 is 38.9 Å². The first-order chi connectivity index (χ1) is 21.8. The maximum absolute atomic E-state index is 14.5. The number of rotatable bonds is 8. The molecule has 11 heteroatoms. The first-order valence-corrected chi connectivity index (χ1v) is 16.5. The number of allylic oxidation sites excluding steroid dienone is 1. The minimum Gasteiger partial charge on any atom is -0.496 e. The number of aromatic nitrogens is 1. The van der Waals surface area contributed by atoms with E-state index in [4.69, 9.17) is 26.1 Å². The fourth-order valence-corrected chi connectivity index (χ4v) is 7.56. The van der Waals surface area contributed by atoms with Crippen molar-refractivity contribution in [1.29, 1.82) is 0 Å². The molecule has 8 nitrogen and oxygen atoms in total. The number of benzene rings is 3.